The van der Waals surface area contributed by atoms with Crippen molar-refractivity contribution in [2.24, 2.45) is 0 Å². The molecule has 0 spiro atoms. The molecular weight excluding hydrogens is 416 g/mol. The number of rotatable bonds is 4. The molecule has 0 radical (unpaired) electrons. The fourth-order valence-electron chi connectivity index (χ4n) is 3.79. The number of nitrogens with zero attached hydrogens (tertiary/aromatic N) is 1. The lowest BCUT2D eigenvalue weighted by molar-refractivity contribution is 0.102. The van der Waals surface area contributed by atoms with Gasteiger partial charge in [-0.2, -0.15) is 0 Å². The summed E-state index contributed by atoms with van der Waals surface area (Å²) in [7, 11) is -3.69. The van der Waals surface area contributed by atoms with Crippen LogP contribution in [0.4, 0.5) is 11.4 Å². The van der Waals surface area contributed by atoms with Crippen LogP contribution in [0.3, 0.4) is 0 Å². The van der Waals surface area contributed by atoms with Crippen molar-refractivity contribution in [1.82, 2.24) is 0 Å². The van der Waals surface area contributed by atoms with Gasteiger partial charge in [0.2, 0.25) is 0 Å². The number of benzene rings is 3. The molecule has 2 aliphatic rings. The van der Waals surface area contributed by atoms with E-state index in [1.54, 1.807) is 18.2 Å². The first kappa shape index (κ1) is 19.4. The van der Waals surface area contributed by atoms with Gasteiger partial charge >= 0.3 is 0 Å². The second-order valence-electron chi connectivity index (χ2n) is 7.29. The van der Waals surface area contributed by atoms with Gasteiger partial charge in [-0.15, -0.1) is 0 Å². The summed E-state index contributed by atoms with van der Waals surface area (Å²) in [6.45, 7) is 1.37. The summed E-state index contributed by atoms with van der Waals surface area (Å²) < 4.78 is 38.6. The Morgan fingerprint density at radius 2 is 1.65 bits per heavy atom. The molecule has 0 fully saturated rings. The molecule has 0 unspecified atom stereocenters. The van der Waals surface area contributed by atoms with Crippen molar-refractivity contribution in [2.75, 3.05) is 29.4 Å². The SMILES string of the molecule is O=C(Nc1ccc2c(c1)OCCO2)c1ccc(S(=O)(=O)N2CCc3ccccc32)cc1. The first-order chi connectivity index (χ1) is 15.0. The molecule has 2 heterocycles. The predicted molar refractivity (Wildman–Crippen MR) is 117 cm³/mol. The normalized spacial score (nSPS) is 14.8. The minimum Gasteiger partial charge on any atom is -0.486 e. The fourth-order valence-corrected chi connectivity index (χ4v) is 5.29. The molecule has 1 amide bonds. The van der Waals surface area contributed by atoms with E-state index in [0.29, 0.717) is 54.6 Å². The molecule has 1 N–H and O–H groups in total. The highest BCUT2D eigenvalue weighted by Crippen LogP contribution is 2.34. The number of hydrogen-bond acceptors (Lipinski definition) is 5. The highest BCUT2D eigenvalue weighted by molar-refractivity contribution is 7.92. The maximum atomic E-state index is 13.1. The van der Waals surface area contributed by atoms with Crippen molar-refractivity contribution in [3.8, 4) is 11.5 Å². The molecule has 0 aromatic heterocycles. The van der Waals surface area contributed by atoms with Gasteiger partial charge in [0.25, 0.3) is 15.9 Å². The number of sulfonamides is 1. The Balaban J connectivity index is 1.33. The van der Waals surface area contributed by atoms with E-state index in [0.717, 1.165) is 5.56 Å². The molecule has 8 heteroatoms. The third-order valence-electron chi connectivity index (χ3n) is 5.35. The lowest BCUT2D eigenvalue weighted by Crippen LogP contribution is -2.29. The topological polar surface area (TPSA) is 84.9 Å². The highest BCUT2D eigenvalue weighted by Gasteiger charge is 2.30. The molecule has 5 rings (SSSR count). The van der Waals surface area contributed by atoms with Crippen molar-refractivity contribution in [3.05, 3.63) is 77.9 Å². The minimum absolute atomic E-state index is 0.153. The van der Waals surface area contributed by atoms with Crippen LogP contribution < -0.4 is 19.1 Å². The van der Waals surface area contributed by atoms with E-state index in [2.05, 4.69) is 5.32 Å². The van der Waals surface area contributed by atoms with Crippen LogP contribution in [0.25, 0.3) is 0 Å². The fraction of sp³-hybridized carbons (Fsp3) is 0.174. The molecule has 3 aromatic rings. The van der Waals surface area contributed by atoms with Gasteiger partial charge in [0.05, 0.1) is 10.6 Å². The molecule has 0 atom stereocenters. The average molecular weight is 436 g/mol. The van der Waals surface area contributed by atoms with E-state index in [1.165, 1.54) is 28.6 Å². The van der Waals surface area contributed by atoms with E-state index >= 15 is 0 Å². The molecular formula is C23H20N2O5S. The van der Waals surface area contributed by atoms with E-state index in [9.17, 15) is 13.2 Å². The second kappa shape index (κ2) is 7.63. The largest absolute Gasteiger partial charge is 0.486 e. The van der Waals surface area contributed by atoms with Crippen LogP contribution in [0.1, 0.15) is 15.9 Å². The second-order valence-corrected chi connectivity index (χ2v) is 9.16. The Bertz CT molecular complexity index is 1260. The lowest BCUT2D eigenvalue weighted by atomic mass is 10.2. The van der Waals surface area contributed by atoms with Crippen LogP contribution in [-0.2, 0) is 16.4 Å². The number of carbonyl (C=O) groups is 1. The Morgan fingerprint density at radius 3 is 2.45 bits per heavy atom. The Hall–Kier alpha value is -3.52. The molecule has 0 bridgehead atoms. The molecule has 0 aliphatic carbocycles. The quantitative estimate of drug-likeness (QED) is 0.677. The third kappa shape index (κ3) is 3.59. The van der Waals surface area contributed by atoms with Gasteiger partial charge in [-0.05, 0) is 54.4 Å². The first-order valence-corrected chi connectivity index (χ1v) is 11.4. The maximum absolute atomic E-state index is 13.1. The number of nitrogens with one attached hydrogen (secondary N) is 1. The summed E-state index contributed by atoms with van der Waals surface area (Å²) in [6, 6.07) is 18.6. The number of para-hydroxylation sites is 1. The Morgan fingerprint density at radius 1 is 0.903 bits per heavy atom. The molecule has 158 valence electrons. The van der Waals surface area contributed by atoms with Crippen LogP contribution in [0.2, 0.25) is 0 Å². The number of hydrogen-bond donors (Lipinski definition) is 1. The van der Waals surface area contributed by atoms with Crippen molar-refractivity contribution in [3.63, 3.8) is 0 Å². The zero-order valence-electron chi connectivity index (χ0n) is 16.6. The monoisotopic (exact) mass is 436 g/mol. The summed E-state index contributed by atoms with van der Waals surface area (Å²) in [5.74, 6) is 0.880. The zero-order valence-corrected chi connectivity index (χ0v) is 17.4. The summed E-state index contributed by atoms with van der Waals surface area (Å²) in [5, 5.41) is 2.80. The summed E-state index contributed by atoms with van der Waals surface area (Å²) in [5.41, 5.74) is 2.65. The van der Waals surface area contributed by atoms with Crippen LogP contribution >= 0.6 is 0 Å². The smallest absolute Gasteiger partial charge is 0.264 e. The zero-order chi connectivity index (χ0) is 21.4. The number of amides is 1. The van der Waals surface area contributed by atoms with E-state index < -0.39 is 10.0 Å². The molecule has 2 aliphatic heterocycles. The van der Waals surface area contributed by atoms with E-state index in [1.807, 2.05) is 24.3 Å². The van der Waals surface area contributed by atoms with Crippen LogP contribution in [-0.4, -0.2) is 34.1 Å². The molecule has 0 saturated heterocycles. The lowest BCUT2D eigenvalue weighted by Gasteiger charge is -2.20. The standard InChI is InChI=1S/C23H20N2O5S/c26-23(24-18-7-10-21-22(15-18)30-14-13-29-21)17-5-8-19(9-6-17)31(27,28)25-12-11-16-3-1-2-4-20(16)25/h1-10,15H,11-14H2,(H,24,26). The van der Waals surface area contributed by atoms with Gasteiger partial charge in [0.15, 0.2) is 11.5 Å². The van der Waals surface area contributed by atoms with Gasteiger partial charge in [-0.1, -0.05) is 18.2 Å². The number of anilines is 2. The molecule has 31 heavy (non-hydrogen) atoms. The minimum atomic E-state index is -3.69. The summed E-state index contributed by atoms with van der Waals surface area (Å²) in [6.07, 6.45) is 0.686. The van der Waals surface area contributed by atoms with Crippen LogP contribution in [0.5, 0.6) is 11.5 Å². The van der Waals surface area contributed by atoms with Gasteiger partial charge < -0.3 is 14.8 Å². The summed E-state index contributed by atoms with van der Waals surface area (Å²) >= 11 is 0. The molecule has 0 saturated carbocycles. The van der Waals surface area contributed by atoms with Gasteiger partial charge in [-0.25, -0.2) is 8.42 Å². The number of ether oxygens (including phenoxy) is 2. The van der Waals surface area contributed by atoms with Crippen LogP contribution in [0, 0.1) is 0 Å². The van der Waals surface area contributed by atoms with Crippen LogP contribution in [0.15, 0.2) is 71.6 Å². The van der Waals surface area contributed by atoms with E-state index in [-0.39, 0.29) is 10.8 Å². The Kier molecular flexibility index (Phi) is 4.78. The van der Waals surface area contributed by atoms with Gasteiger partial charge in [-0.3, -0.25) is 9.10 Å². The maximum Gasteiger partial charge on any atom is 0.264 e. The van der Waals surface area contributed by atoms with Gasteiger partial charge in [0.1, 0.15) is 13.2 Å². The molecule has 3 aromatic carbocycles. The summed E-state index contributed by atoms with van der Waals surface area (Å²) in [4.78, 5) is 12.8. The Labute approximate surface area is 180 Å². The van der Waals surface area contributed by atoms with Crippen molar-refractivity contribution < 1.29 is 22.7 Å². The molecule has 7 nitrogen and oxygen atoms in total. The van der Waals surface area contributed by atoms with Crippen molar-refractivity contribution >= 4 is 27.3 Å². The number of fused-ring (bicyclic) bond motifs is 2. The predicted octanol–water partition coefficient (Wildman–Crippen LogP) is 3.46. The van der Waals surface area contributed by atoms with Crippen molar-refractivity contribution in [2.45, 2.75) is 11.3 Å². The third-order valence-corrected chi connectivity index (χ3v) is 7.18. The number of carbonyl (C=O) groups excluding carboxylic acids is 1. The average Bonchev–Trinajstić information content (AvgIpc) is 3.24. The van der Waals surface area contributed by atoms with Crippen molar-refractivity contribution in [1.29, 1.82) is 0 Å². The first-order valence-electron chi connectivity index (χ1n) is 9.94. The van der Waals surface area contributed by atoms with Gasteiger partial charge in [0, 0.05) is 23.9 Å². The van der Waals surface area contributed by atoms with E-state index in [4.69, 9.17) is 9.47 Å². The highest BCUT2D eigenvalue weighted by atomic mass is 32.2.